The third-order valence-corrected chi connectivity index (χ3v) is 6.84. The van der Waals surface area contributed by atoms with Crippen LogP contribution in [0.25, 0.3) is 11.4 Å². The Morgan fingerprint density at radius 2 is 1.77 bits per heavy atom. The molecule has 35 heavy (non-hydrogen) atoms. The van der Waals surface area contributed by atoms with Gasteiger partial charge in [0.2, 0.25) is 17.6 Å². The number of fused-ring (bicyclic) bond motifs is 1. The van der Waals surface area contributed by atoms with Crippen LogP contribution < -0.4 is 10.2 Å². The van der Waals surface area contributed by atoms with E-state index in [4.69, 9.17) is 4.52 Å². The highest BCUT2D eigenvalue weighted by molar-refractivity contribution is 5.98. The molecule has 0 aliphatic carbocycles. The lowest BCUT2D eigenvalue weighted by molar-refractivity contribution is -0.117. The second-order valence-corrected chi connectivity index (χ2v) is 9.10. The van der Waals surface area contributed by atoms with Gasteiger partial charge in [0.15, 0.2) is 0 Å². The van der Waals surface area contributed by atoms with Crippen molar-refractivity contribution >= 4 is 17.6 Å². The fraction of sp³-hybridized carbons (Fsp3) is 0.385. The number of piperazine rings is 1. The predicted molar refractivity (Wildman–Crippen MR) is 132 cm³/mol. The molecule has 3 heterocycles. The van der Waals surface area contributed by atoms with E-state index in [0.717, 1.165) is 17.7 Å². The molecule has 3 amide bonds. The van der Waals surface area contributed by atoms with E-state index in [0.29, 0.717) is 44.4 Å². The van der Waals surface area contributed by atoms with Gasteiger partial charge in [-0.2, -0.15) is 4.98 Å². The predicted octanol–water partition coefficient (Wildman–Crippen LogP) is 3.02. The topological polar surface area (TPSA) is 94.8 Å². The first-order valence-electron chi connectivity index (χ1n) is 12.1. The Balaban J connectivity index is 1.10. The number of nitrogens with one attached hydrogen (secondary N) is 1. The van der Waals surface area contributed by atoms with Crippen LogP contribution in [0.1, 0.15) is 30.0 Å². The van der Waals surface area contributed by atoms with Crippen LogP contribution in [-0.4, -0.2) is 71.1 Å². The summed E-state index contributed by atoms with van der Waals surface area (Å²) < 4.78 is 5.54. The summed E-state index contributed by atoms with van der Waals surface area (Å²) in [7, 11) is 0. The molecule has 1 unspecified atom stereocenters. The van der Waals surface area contributed by atoms with E-state index in [1.807, 2.05) is 62.4 Å². The Labute approximate surface area is 204 Å². The fourth-order valence-corrected chi connectivity index (χ4v) is 4.65. The smallest absolute Gasteiger partial charge is 0.317 e. The summed E-state index contributed by atoms with van der Waals surface area (Å²) in [6.45, 7) is 7.23. The van der Waals surface area contributed by atoms with Crippen molar-refractivity contribution in [2.75, 3.05) is 44.2 Å². The first-order chi connectivity index (χ1) is 17.0. The van der Waals surface area contributed by atoms with Crippen LogP contribution in [0.15, 0.2) is 53.1 Å². The molecular formula is C26H30N6O3. The molecule has 182 valence electrons. The highest BCUT2D eigenvalue weighted by Crippen LogP contribution is 2.27. The Kier molecular flexibility index (Phi) is 6.50. The average molecular weight is 475 g/mol. The van der Waals surface area contributed by atoms with E-state index >= 15 is 0 Å². The van der Waals surface area contributed by atoms with Crippen molar-refractivity contribution in [3.05, 3.63) is 65.5 Å². The molecule has 9 nitrogen and oxygen atoms in total. The van der Waals surface area contributed by atoms with Gasteiger partial charge in [-0.1, -0.05) is 53.2 Å². The fourth-order valence-electron chi connectivity index (χ4n) is 4.65. The number of amides is 3. The Hall–Kier alpha value is -3.72. The lowest BCUT2D eigenvalue weighted by atomic mass is 10.1. The van der Waals surface area contributed by atoms with Gasteiger partial charge >= 0.3 is 6.03 Å². The monoisotopic (exact) mass is 474 g/mol. The van der Waals surface area contributed by atoms with Gasteiger partial charge in [0.05, 0.1) is 12.6 Å². The molecule has 3 aromatic rings. The van der Waals surface area contributed by atoms with Crippen molar-refractivity contribution in [1.82, 2.24) is 25.3 Å². The molecular weight excluding hydrogens is 444 g/mol. The van der Waals surface area contributed by atoms with Gasteiger partial charge in [-0.05, 0) is 31.9 Å². The number of hydrogen-bond donors (Lipinski definition) is 1. The highest BCUT2D eigenvalue weighted by Gasteiger charge is 2.29. The minimum absolute atomic E-state index is 0.00639. The molecule has 0 spiro atoms. The number of rotatable bonds is 5. The Bertz CT molecular complexity index is 1200. The number of anilines is 1. The maximum atomic E-state index is 12.7. The highest BCUT2D eigenvalue weighted by atomic mass is 16.5. The van der Waals surface area contributed by atoms with E-state index < -0.39 is 0 Å². The van der Waals surface area contributed by atoms with Crippen molar-refractivity contribution in [1.29, 1.82) is 0 Å². The lowest BCUT2D eigenvalue weighted by Gasteiger charge is -2.36. The average Bonchev–Trinajstić information content (AvgIpc) is 3.55. The van der Waals surface area contributed by atoms with Gasteiger partial charge in [0, 0.05) is 44.0 Å². The number of benzene rings is 2. The molecule has 0 saturated carbocycles. The normalized spacial score (nSPS) is 16.7. The standard InChI is InChI=1S/C26H30N6O3/c1-18-7-9-21(10-8-18)24-28-25(35-29-24)19(2)30-13-15-31(16-14-30)26(34)27-17-23(33)32-12-11-20-5-3-4-6-22(20)32/h3-10,19H,11-17H2,1-2H3,(H,27,34). The third-order valence-electron chi connectivity index (χ3n) is 6.84. The summed E-state index contributed by atoms with van der Waals surface area (Å²) in [5, 5.41) is 6.94. The van der Waals surface area contributed by atoms with Gasteiger partial charge in [-0.25, -0.2) is 4.79 Å². The number of aryl methyl sites for hydroxylation is 1. The maximum absolute atomic E-state index is 12.7. The zero-order chi connectivity index (χ0) is 24.4. The molecule has 2 aromatic carbocycles. The van der Waals surface area contributed by atoms with Gasteiger partial charge in [-0.3, -0.25) is 9.69 Å². The van der Waals surface area contributed by atoms with Crippen LogP contribution in [0.3, 0.4) is 0 Å². The van der Waals surface area contributed by atoms with Gasteiger partial charge < -0.3 is 19.6 Å². The van der Waals surface area contributed by atoms with Crippen LogP contribution in [0.2, 0.25) is 0 Å². The minimum atomic E-state index is -0.211. The number of carbonyl (C=O) groups excluding carboxylic acids is 2. The maximum Gasteiger partial charge on any atom is 0.317 e. The largest absolute Gasteiger partial charge is 0.337 e. The number of nitrogens with zero attached hydrogens (tertiary/aromatic N) is 5. The minimum Gasteiger partial charge on any atom is -0.337 e. The van der Waals surface area contributed by atoms with Crippen molar-refractivity contribution < 1.29 is 14.1 Å². The second kappa shape index (κ2) is 9.87. The van der Waals surface area contributed by atoms with E-state index in [2.05, 4.69) is 20.4 Å². The molecule has 0 bridgehead atoms. The zero-order valence-corrected chi connectivity index (χ0v) is 20.1. The van der Waals surface area contributed by atoms with Crippen molar-refractivity contribution in [2.24, 2.45) is 0 Å². The van der Waals surface area contributed by atoms with Crippen molar-refractivity contribution in [3.8, 4) is 11.4 Å². The number of urea groups is 1. The van der Waals surface area contributed by atoms with Gasteiger partial charge in [0.1, 0.15) is 0 Å². The molecule has 1 fully saturated rings. The molecule has 5 rings (SSSR count). The van der Waals surface area contributed by atoms with E-state index in [-0.39, 0.29) is 24.5 Å². The van der Waals surface area contributed by atoms with E-state index in [1.165, 1.54) is 11.1 Å². The molecule has 0 radical (unpaired) electrons. The molecule has 1 aromatic heterocycles. The van der Waals surface area contributed by atoms with E-state index in [9.17, 15) is 9.59 Å². The molecule has 1 atom stereocenters. The summed E-state index contributed by atoms with van der Waals surface area (Å²) in [5.41, 5.74) is 4.22. The van der Waals surface area contributed by atoms with Crippen LogP contribution in [0.4, 0.5) is 10.5 Å². The SMILES string of the molecule is Cc1ccc(-c2noc(C(C)N3CCN(C(=O)NCC(=O)N4CCc5ccccc54)CC3)n2)cc1. The Morgan fingerprint density at radius 3 is 2.54 bits per heavy atom. The zero-order valence-electron chi connectivity index (χ0n) is 20.1. The van der Waals surface area contributed by atoms with Crippen LogP contribution in [0.5, 0.6) is 0 Å². The molecule has 9 heteroatoms. The number of carbonyl (C=O) groups is 2. The summed E-state index contributed by atoms with van der Waals surface area (Å²) in [5.74, 6) is 1.06. The summed E-state index contributed by atoms with van der Waals surface area (Å²) in [4.78, 5) is 35.7. The first kappa shape index (κ1) is 23.0. The van der Waals surface area contributed by atoms with Crippen molar-refractivity contribution in [3.63, 3.8) is 0 Å². The van der Waals surface area contributed by atoms with Crippen molar-refractivity contribution in [2.45, 2.75) is 26.3 Å². The Morgan fingerprint density at radius 1 is 1.03 bits per heavy atom. The third kappa shape index (κ3) is 4.90. The molecule has 1 N–H and O–H groups in total. The lowest BCUT2D eigenvalue weighted by Crippen LogP contribution is -2.53. The summed E-state index contributed by atoms with van der Waals surface area (Å²) >= 11 is 0. The van der Waals surface area contributed by atoms with E-state index in [1.54, 1.807) is 9.80 Å². The quantitative estimate of drug-likeness (QED) is 0.611. The summed E-state index contributed by atoms with van der Waals surface area (Å²) in [6.07, 6.45) is 0.850. The van der Waals surface area contributed by atoms with Crippen LogP contribution in [0, 0.1) is 6.92 Å². The van der Waals surface area contributed by atoms with Gasteiger partial charge in [0.25, 0.3) is 0 Å². The molecule has 2 aliphatic heterocycles. The van der Waals surface area contributed by atoms with Crippen LogP contribution >= 0.6 is 0 Å². The number of para-hydroxylation sites is 1. The number of aromatic nitrogens is 2. The first-order valence-corrected chi connectivity index (χ1v) is 12.1. The number of hydrogen-bond acceptors (Lipinski definition) is 6. The van der Waals surface area contributed by atoms with Gasteiger partial charge in [-0.15, -0.1) is 0 Å². The molecule has 2 aliphatic rings. The second-order valence-electron chi connectivity index (χ2n) is 9.10. The molecule has 1 saturated heterocycles. The summed E-state index contributed by atoms with van der Waals surface area (Å²) in [6, 6.07) is 15.7. The van der Waals surface area contributed by atoms with Crippen LogP contribution in [-0.2, 0) is 11.2 Å².